The van der Waals surface area contributed by atoms with E-state index in [0.717, 1.165) is 5.69 Å². The lowest BCUT2D eigenvalue weighted by Gasteiger charge is -2.13. The Kier molecular flexibility index (Phi) is 4.08. The lowest BCUT2D eigenvalue weighted by molar-refractivity contribution is -0.138. The molecule has 20 heavy (non-hydrogen) atoms. The van der Waals surface area contributed by atoms with Crippen molar-refractivity contribution in [3.63, 3.8) is 0 Å². The summed E-state index contributed by atoms with van der Waals surface area (Å²) < 4.78 is 13.6. The number of halogens is 1. The van der Waals surface area contributed by atoms with Gasteiger partial charge in [-0.15, -0.1) is 0 Å². The Morgan fingerprint density at radius 2 is 2.00 bits per heavy atom. The summed E-state index contributed by atoms with van der Waals surface area (Å²) in [7, 11) is 0. The number of nitrogens with zero attached hydrogens (tertiary/aromatic N) is 2. The van der Waals surface area contributed by atoms with E-state index in [0.29, 0.717) is 17.0 Å². The first kappa shape index (κ1) is 14.1. The molecule has 1 unspecified atom stereocenters. The highest BCUT2D eigenvalue weighted by atomic mass is 19.1. The lowest BCUT2D eigenvalue weighted by atomic mass is 9.96. The van der Waals surface area contributed by atoms with Crippen molar-refractivity contribution in [1.82, 2.24) is 9.97 Å². The molecule has 2 aromatic rings. The van der Waals surface area contributed by atoms with Crippen molar-refractivity contribution in [3.05, 3.63) is 58.9 Å². The van der Waals surface area contributed by atoms with Gasteiger partial charge in [0.1, 0.15) is 11.7 Å². The number of hydrogen-bond acceptors (Lipinski definition) is 3. The summed E-state index contributed by atoms with van der Waals surface area (Å²) in [4.78, 5) is 19.8. The first-order valence-electron chi connectivity index (χ1n) is 6.25. The van der Waals surface area contributed by atoms with Gasteiger partial charge in [-0.05, 0) is 31.9 Å². The Balaban J connectivity index is 2.34. The van der Waals surface area contributed by atoms with Gasteiger partial charge in [-0.3, -0.25) is 14.8 Å². The summed E-state index contributed by atoms with van der Waals surface area (Å²) in [6, 6.07) is 6.16. The molecule has 0 bridgehead atoms. The number of carboxylic acid groups (broad SMARTS) is 1. The van der Waals surface area contributed by atoms with Crippen molar-refractivity contribution < 1.29 is 14.3 Å². The topological polar surface area (TPSA) is 63.1 Å². The van der Waals surface area contributed by atoms with Gasteiger partial charge < -0.3 is 5.11 Å². The molecule has 1 atom stereocenters. The maximum Gasteiger partial charge on any atom is 0.312 e. The molecule has 4 nitrogen and oxygen atoms in total. The summed E-state index contributed by atoms with van der Waals surface area (Å²) in [6.07, 6.45) is 1.50. The number of carbonyl (C=O) groups is 1. The number of aryl methyl sites for hydroxylation is 2. The molecule has 5 heteroatoms. The highest BCUT2D eigenvalue weighted by molar-refractivity contribution is 5.75. The van der Waals surface area contributed by atoms with Gasteiger partial charge in [0.25, 0.3) is 0 Å². The van der Waals surface area contributed by atoms with Crippen LogP contribution >= 0.6 is 0 Å². The normalized spacial score (nSPS) is 12.2. The summed E-state index contributed by atoms with van der Waals surface area (Å²) >= 11 is 0. The van der Waals surface area contributed by atoms with Crippen LogP contribution in [0.4, 0.5) is 4.39 Å². The van der Waals surface area contributed by atoms with Crippen LogP contribution in [0.1, 0.15) is 28.6 Å². The Morgan fingerprint density at radius 1 is 1.30 bits per heavy atom. The molecule has 0 aliphatic rings. The minimum Gasteiger partial charge on any atom is -0.481 e. The smallest absolute Gasteiger partial charge is 0.312 e. The average Bonchev–Trinajstić information content (AvgIpc) is 2.41. The fraction of sp³-hybridized carbons (Fsp3) is 0.267. The zero-order valence-corrected chi connectivity index (χ0v) is 11.3. The maximum atomic E-state index is 13.6. The lowest BCUT2D eigenvalue weighted by Crippen LogP contribution is -2.17. The van der Waals surface area contributed by atoms with Gasteiger partial charge in [-0.2, -0.15) is 0 Å². The van der Waals surface area contributed by atoms with Crippen LogP contribution in [0.3, 0.4) is 0 Å². The van der Waals surface area contributed by atoms with Gasteiger partial charge in [-0.1, -0.05) is 18.2 Å². The summed E-state index contributed by atoms with van der Waals surface area (Å²) in [5.41, 5.74) is 2.15. The Hall–Kier alpha value is -2.30. The number of hydrogen-bond donors (Lipinski definition) is 1. The molecule has 0 aliphatic carbocycles. The van der Waals surface area contributed by atoms with Crippen LogP contribution in [-0.4, -0.2) is 21.0 Å². The van der Waals surface area contributed by atoms with E-state index in [2.05, 4.69) is 9.97 Å². The minimum absolute atomic E-state index is 0.0547. The summed E-state index contributed by atoms with van der Waals surface area (Å²) in [5.74, 6) is -2.35. The third-order valence-corrected chi connectivity index (χ3v) is 3.25. The second-order valence-corrected chi connectivity index (χ2v) is 4.65. The van der Waals surface area contributed by atoms with Crippen molar-refractivity contribution >= 4 is 5.97 Å². The van der Waals surface area contributed by atoms with Crippen molar-refractivity contribution in [2.45, 2.75) is 26.2 Å². The molecule has 1 N–H and O–H groups in total. The Labute approximate surface area is 116 Å². The molecule has 0 saturated heterocycles. The number of aliphatic carboxylic acids is 1. The largest absolute Gasteiger partial charge is 0.481 e. The van der Waals surface area contributed by atoms with Gasteiger partial charge in [0.2, 0.25) is 0 Å². The molecule has 2 rings (SSSR count). The fourth-order valence-corrected chi connectivity index (χ4v) is 1.93. The van der Waals surface area contributed by atoms with Crippen molar-refractivity contribution in [2.75, 3.05) is 0 Å². The van der Waals surface area contributed by atoms with Gasteiger partial charge in [0, 0.05) is 6.20 Å². The molecule has 0 fully saturated rings. The van der Waals surface area contributed by atoms with Gasteiger partial charge in [-0.25, -0.2) is 4.39 Å². The van der Waals surface area contributed by atoms with E-state index in [9.17, 15) is 14.3 Å². The monoisotopic (exact) mass is 274 g/mol. The summed E-state index contributed by atoms with van der Waals surface area (Å²) in [6.45, 7) is 3.58. The van der Waals surface area contributed by atoms with E-state index < -0.39 is 17.7 Å². The number of rotatable bonds is 4. The highest BCUT2D eigenvalue weighted by Crippen LogP contribution is 2.21. The SMILES string of the molecule is Cc1ncc(C(Cc2ccccc2F)C(=O)O)nc1C. The van der Waals surface area contributed by atoms with Crippen LogP contribution in [-0.2, 0) is 11.2 Å². The molecule has 1 heterocycles. The second-order valence-electron chi connectivity index (χ2n) is 4.65. The van der Waals surface area contributed by atoms with Crippen LogP contribution in [0.2, 0.25) is 0 Å². The number of aromatic nitrogens is 2. The van der Waals surface area contributed by atoms with E-state index in [-0.39, 0.29) is 6.42 Å². The minimum atomic E-state index is -1.04. The maximum absolute atomic E-state index is 13.6. The van der Waals surface area contributed by atoms with Crippen LogP contribution in [0.15, 0.2) is 30.5 Å². The predicted molar refractivity (Wildman–Crippen MR) is 72.0 cm³/mol. The van der Waals surface area contributed by atoms with Crippen molar-refractivity contribution in [2.24, 2.45) is 0 Å². The van der Waals surface area contributed by atoms with Crippen LogP contribution in [0, 0.1) is 19.7 Å². The molecule has 0 radical (unpaired) electrons. The first-order valence-corrected chi connectivity index (χ1v) is 6.25. The second kappa shape index (κ2) is 5.77. The molecule has 1 aromatic carbocycles. The van der Waals surface area contributed by atoms with E-state index in [1.54, 1.807) is 32.0 Å². The highest BCUT2D eigenvalue weighted by Gasteiger charge is 2.23. The zero-order valence-electron chi connectivity index (χ0n) is 11.3. The molecule has 104 valence electrons. The molecule has 0 aliphatic heterocycles. The number of carboxylic acids is 1. The van der Waals surface area contributed by atoms with E-state index in [4.69, 9.17) is 0 Å². The Bertz CT molecular complexity index is 644. The number of benzene rings is 1. The van der Waals surface area contributed by atoms with E-state index in [1.165, 1.54) is 12.3 Å². The molecule has 0 saturated carbocycles. The van der Waals surface area contributed by atoms with E-state index in [1.807, 2.05) is 0 Å². The van der Waals surface area contributed by atoms with Gasteiger partial charge in [0.15, 0.2) is 0 Å². The fourth-order valence-electron chi connectivity index (χ4n) is 1.93. The summed E-state index contributed by atoms with van der Waals surface area (Å²) in [5, 5.41) is 9.35. The molecule has 1 aromatic heterocycles. The quantitative estimate of drug-likeness (QED) is 0.931. The van der Waals surface area contributed by atoms with Crippen molar-refractivity contribution in [3.8, 4) is 0 Å². The molecular formula is C15H15FN2O2. The third kappa shape index (κ3) is 2.99. The Morgan fingerprint density at radius 3 is 2.60 bits per heavy atom. The van der Waals surface area contributed by atoms with Crippen LogP contribution in [0.5, 0.6) is 0 Å². The molecule has 0 spiro atoms. The zero-order chi connectivity index (χ0) is 14.7. The molecular weight excluding hydrogens is 259 g/mol. The average molecular weight is 274 g/mol. The predicted octanol–water partition coefficient (Wildman–Crippen LogP) is 2.64. The van der Waals surface area contributed by atoms with E-state index >= 15 is 0 Å². The van der Waals surface area contributed by atoms with Gasteiger partial charge in [0.05, 0.1) is 17.1 Å². The molecule has 0 amide bonds. The van der Waals surface area contributed by atoms with Crippen LogP contribution in [0.25, 0.3) is 0 Å². The third-order valence-electron chi connectivity index (χ3n) is 3.25. The standard InChI is InChI=1S/C15H15FN2O2/c1-9-10(2)18-14(8-17-9)12(15(19)20)7-11-5-3-4-6-13(11)16/h3-6,8,12H,7H2,1-2H3,(H,19,20). The van der Waals surface area contributed by atoms with Crippen molar-refractivity contribution in [1.29, 1.82) is 0 Å². The van der Waals surface area contributed by atoms with Crippen LogP contribution < -0.4 is 0 Å². The van der Waals surface area contributed by atoms with Gasteiger partial charge >= 0.3 is 5.97 Å². The first-order chi connectivity index (χ1) is 9.49.